The largest absolute Gasteiger partial charge is 0.349 e. The first kappa shape index (κ1) is 13.6. The molecule has 108 valence electrons. The van der Waals surface area contributed by atoms with Gasteiger partial charge >= 0.3 is 0 Å². The second kappa shape index (κ2) is 6.40. The molecule has 1 heterocycles. The van der Waals surface area contributed by atoms with Crippen LogP contribution in [0.4, 0.5) is 0 Å². The lowest BCUT2D eigenvalue weighted by Gasteiger charge is -2.23. The lowest BCUT2D eigenvalue weighted by Crippen LogP contribution is -2.32. The molecule has 3 heteroatoms. The van der Waals surface area contributed by atoms with Gasteiger partial charge in [-0.15, -0.1) is 0 Å². The number of hydrogen-bond acceptors (Lipinski definition) is 2. The van der Waals surface area contributed by atoms with Crippen molar-refractivity contribution in [2.75, 3.05) is 13.1 Å². The molecule has 1 saturated heterocycles. The highest BCUT2D eigenvalue weighted by Crippen LogP contribution is 2.23. The van der Waals surface area contributed by atoms with Gasteiger partial charge in [-0.2, -0.15) is 0 Å². The van der Waals surface area contributed by atoms with Gasteiger partial charge in [-0.1, -0.05) is 25.0 Å². The summed E-state index contributed by atoms with van der Waals surface area (Å²) < 4.78 is 0. The molecule has 2 N–H and O–H groups in total. The van der Waals surface area contributed by atoms with E-state index in [1.54, 1.807) is 0 Å². The maximum atomic E-state index is 12.2. The molecule has 2 fully saturated rings. The summed E-state index contributed by atoms with van der Waals surface area (Å²) in [5.74, 6) is 0.695. The van der Waals surface area contributed by atoms with Crippen LogP contribution in [-0.4, -0.2) is 25.0 Å². The van der Waals surface area contributed by atoms with Gasteiger partial charge < -0.3 is 10.6 Å². The van der Waals surface area contributed by atoms with Crippen LogP contribution in [0.2, 0.25) is 0 Å². The molecule has 3 rings (SSSR count). The maximum Gasteiger partial charge on any atom is 0.251 e. The summed E-state index contributed by atoms with van der Waals surface area (Å²) in [5, 5.41) is 6.58. The summed E-state index contributed by atoms with van der Waals surface area (Å²) in [7, 11) is 0. The number of benzene rings is 1. The van der Waals surface area contributed by atoms with Crippen LogP contribution in [0.1, 0.15) is 60.4 Å². The van der Waals surface area contributed by atoms with Crippen LogP contribution in [-0.2, 0) is 0 Å². The van der Waals surface area contributed by atoms with Crippen molar-refractivity contribution in [3.8, 4) is 0 Å². The quantitative estimate of drug-likeness (QED) is 0.888. The molecule has 1 aliphatic heterocycles. The van der Waals surface area contributed by atoms with Gasteiger partial charge in [0.2, 0.25) is 0 Å². The molecule has 3 nitrogen and oxygen atoms in total. The van der Waals surface area contributed by atoms with Gasteiger partial charge in [0.05, 0.1) is 0 Å². The molecule has 0 aromatic heterocycles. The van der Waals surface area contributed by atoms with Crippen molar-refractivity contribution in [1.29, 1.82) is 0 Å². The Morgan fingerprint density at radius 2 is 1.80 bits per heavy atom. The van der Waals surface area contributed by atoms with Gasteiger partial charge in [0.25, 0.3) is 5.91 Å². The van der Waals surface area contributed by atoms with E-state index in [2.05, 4.69) is 22.8 Å². The summed E-state index contributed by atoms with van der Waals surface area (Å²) >= 11 is 0. The fraction of sp³-hybridized carbons (Fsp3) is 0.588. The number of hydrogen-bond donors (Lipinski definition) is 2. The predicted molar refractivity (Wildman–Crippen MR) is 81.0 cm³/mol. The second-order valence-electron chi connectivity index (χ2n) is 6.12. The van der Waals surface area contributed by atoms with E-state index in [4.69, 9.17) is 0 Å². The molecule has 0 radical (unpaired) electrons. The normalized spacial score (nSPS) is 23.7. The zero-order valence-corrected chi connectivity index (χ0v) is 12.0. The third-order valence-electron chi connectivity index (χ3n) is 4.63. The second-order valence-corrected chi connectivity index (χ2v) is 6.12. The summed E-state index contributed by atoms with van der Waals surface area (Å²) in [6.07, 6.45) is 7.27. The van der Waals surface area contributed by atoms with Crippen LogP contribution in [0, 0.1) is 0 Å². The van der Waals surface area contributed by atoms with E-state index in [1.165, 1.54) is 31.2 Å². The third kappa shape index (κ3) is 3.21. The summed E-state index contributed by atoms with van der Waals surface area (Å²) in [6, 6.07) is 8.61. The maximum absolute atomic E-state index is 12.2. The van der Waals surface area contributed by atoms with Crippen molar-refractivity contribution in [3.05, 3.63) is 35.4 Å². The summed E-state index contributed by atoms with van der Waals surface area (Å²) in [6.45, 7) is 2.20. The van der Waals surface area contributed by atoms with Crippen molar-refractivity contribution in [1.82, 2.24) is 10.6 Å². The minimum atomic E-state index is 0.0882. The van der Waals surface area contributed by atoms with Crippen molar-refractivity contribution in [2.24, 2.45) is 0 Å². The van der Waals surface area contributed by atoms with Crippen LogP contribution in [0.15, 0.2) is 24.3 Å². The number of carbonyl (C=O) groups is 1. The molecule has 1 aromatic rings. The van der Waals surface area contributed by atoms with Crippen LogP contribution < -0.4 is 10.6 Å². The van der Waals surface area contributed by atoms with E-state index in [1.807, 2.05) is 12.1 Å². The van der Waals surface area contributed by atoms with Crippen molar-refractivity contribution in [3.63, 3.8) is 0 Å². The Morgan fingerprint density at radius 1 is 1.05 bits per heavy atom. The molecule has 20 heavy (non-hydrogen) atoms. The van der Waals surface area contributed by atoms with Crippen molar-refractivity contribution >= 4 is 5.91 Å². The topological polar surface area (TPSA) is 41.1 Å². The molecular weight excluding hydrogens is 248 g/mol. The fourth-order valence-electron chi connectivity index (χ4n) is 3.38. The predicted octanol–water partition coefficient (Wildman–Crippen LogP) is 2.83. The molecule has 1 unspecified atom stereocenters. The molecule has 0 spiro atoms. The molecule has 1 aromatic carbocycles. The average Bonchev–Trinajstić information content (AvgIpc) is 3.01. The van der Waals surface area contributed by atoms with Crippen molar-refractivity contribution < 1.29 is 4.79 Å². The SMILES string of the molecule is O=C(NC1CCCC1)c1ccc(C2CCCNC2)cc1. The molecule has 1 aliphatic carbocycles. The van der Waals surface area contributed by atoms with E-state index in [0.717, 1.165) is 31.5 Å². The zero-order chi connectivity index (χ0) is 13.8. The number of carbonyl (C=O) groups excluding carboxylic acids is 1. The van der Waals surface area contributed by atoms with E-state index < -0.39 is 0 Å². The van der Waals surface area contributed by atoms with Gasteiger partial charge in [0.15, 0.2) is 0 Å². The van der Waals surface area contributed by atoms with E-state index in [9.17, 15) is 4.79 Å². The number of nitrogens with one attached hydrogen (secondary N) is 2. The first-order chi connectivity index (χ1) is 9.83. The highest BCUT2D eigenvalue weighted by Gasteiger charge is 2.19. The Kier molecular flexibility index (Phi) is 4.36. The average molecular weight is 272 g/mol. The van der Waals surface area contributed by atoms with E-state index in [-0.39, 0.29) is 5.91 Å². The molecule has 2 aliphatic rings. The zero-order valence-electron chi connectivity index (χ0n) is 12.0. The minimum Gasteiger partial charge on any atom is -0.349 e. The monoisotopic (exact) mass is 272 g/mol. The van der Waals surface area contributed by atoms with Crippen LogP contribution >= 0.6 is 0 Å². The van der Waals surface area contributed by atoms with Gasteiger partial charge in [0.1, 0.15) is 0 Å². The number of rotatable bonds is 3. The van der Waals surface area contributed by atoms with E-state index >= 15 is 0 Å². The Morgan fingerprint density at radius 3 is 2.45 bits per heavy atom. The number of amides is 1. The first-order valence-corrected chi connectivity index (χ1v) is 7.94. The lowest BCUT2D eigenvalue weighted by atomic mass is 9.91. The molecule has 1 amide bonds. The summed E-state index contributed by atoms with van der Waals surface area (Å²) in [4.78, 5) is 12.2. The smallest absolute Gasteiger partial charge is 0.251 e. The Labute approximate surface area is 121 Å². The molecular formula is C17H24N2O. The van der Waals surface area contributed by atoms with Crippen molar-refractivity contribution in [2.45, 2.75) is 50.5 Å². The van der Waals surface area contributed by atoms with Crippen LogP contribution in [0.25, 0.3) is 0 Å². The minimum absolute atomic E-state index is 0.0882. The van der Waals surface area contributed by atoms with Gasteiger partial charge in [-0.25, -0.2) is 0 Å². The van der Waals surface area contributed by atoms with Gasteiger partial charge in [-0.05, 0) is 55.8 Å². The molecule has 1 saturated carbocycles. The Bertz CT molecular complexity index is 443. The van der Waals surface area contributed by atoms with Gasteiger partial charge in [0, 0.05) is 18.2 Å². The van der Waals surface area contributed by atoms with Crippen LogP contribution in [0.3, 0.4) is 0 Å². The third-order valence-corrected chi connectivity index (χ3v) is 4.63. The number of piperidine rings is 1. The summed E-state index contributed by atoms with van der Waals surface area (Å²) in [5.41, 5.74) is 2.15. The first-order valence-electron chi connectivity index (χ1n) is 7.94. The highest BCUT2D eigenvalue weighted by atomic mass is 16.1. The lowest BCUT2D eigenvalue weighted by molar-refractivity contribution is 0.0938. The standard InChI is InChI=1S/C17H24N2O/c20-17(19-16-5-1-2-6-16)14-9-7-13(8-10-14)15-4-3-11-18-12-15/h7-10,15-16,18H,1-6,11-12H2,(H,19,20). The molecule has 1 atom stereocenters. The highest BCUT2D eigenvalue weighted by molar-refractivity contribution is 5.94. The van der Waals surface area contributed by atoms with Crippen LogP contribution in [0.5, 0.6) is 0 Å². The van der Waals surface area contributed by atoms with E-state index in [0.29, 0.717) is 12.0 Å². The van der Waals surface area contributed by atoms with Gasteiger partial charge in [-0.3, -0.25) is 4.79 Å². The Balaban J connectivity index is 1.61. The fourth-order valence-corrected chi connectivity index (χ4v) is 3.38. The Hall–Kier alpha value is -1.35. The molecule has 0 bridgehead atoms.